The molecule has 0 aliphatic rings. The molecule has 0 aromatic heterocycles. The second-order valence-electron chi connectivity index (χ2n) is 4.72. The van der Waals surface area contributed by atoms with Gasteiger partial charge in [-0.3, -0.25) is 0 Å². The Bertz CT molecular complexity index is 598. The highest BCUT2D eigenvalue weighted by atomic mass is 16.3. The third-order valence-corrected chi connectivity index (χ3v) is 2.93. The number of benzene rings is 2. The predicted octanol–water partition coefficient (Wildman–Crippen LogP) is 4.99. The fourth-order valence-electron chi connectivity index (χ4n) is 1.99. The summed E-state index contributed by atoms with van der Waals surface area (Å²) < 4.78 is 0. The number of nitrogens with zero attached hydrogens (tertiary/aromatic N) is 2. The number of aryl methyl sites for hydroxylation is 3. The molecule has 0 radical (unpaired) electrons. The van der Waals surface area contributed by atoms with Gasteiger partial charge in [0.05, 0.1) is 5.69 Å². The summed E-state index contributed by atoms with van der Waals surface area (Å²) in [7, 11) is 0. The van der Waals surface area contributed by atoms with Crippen LogP contribution in [0.3, 0.4) is 0 Å². The molecule has 0 saturated heterocycles. The van der Waals surface area contributed by atoms with Gasteiger partial charge in [0.25, 0.3) is 0 Å². The molecule has 2 aromatic rings. The molecule has 0 amide bonds. The van der Waals surface area contributed by atoms with Crippen molar-refractivity contribution in [3.05, 3.63) is 53.1 Å². The van der Waals surface area contributed by atoms with E-state index in [0.717, 1.165) is 28.8 Å². The van der Waals surface area contributed by atoms with Gasteiger partial charge in [-0.2, -0.15) is 5.11 Å². The van der Waals surface area contributed by atoms with Gasteiger partial charge in [-0.1, -0.05) is 19.1 Å². The van der Waals surface area contributed by atoms with E-state index >= 15 is 0 Å². The van der Waals surface area contributed by atoms with Crippen LogP contribution in [-0.2, 0) is 6.42 Å². The van der Waals surface area contributed by atoms with E-state index in [0.29, 0.717) is 5.69 Å². The number of phenols is 1. The van der Waals surface area contributed by atoms with Gasteiger partial charge >= 0.3 is 0 Å². The molecule has 2 aromatic carbocycles. The second-order valence-corrected chi connectivity index (χ2v) is 4.72. The quantitative estimate of drug-likeness (QED) is 0.771. The average Bonchev–Trinajstić information content (AvgIpc) is 2.37. The molecule has 0 aliphatic carbocycles. The van der Waals surface area contributed by atoms with Gasteiger partial charge in [0.2, 0.25) is 0 Å². The second kappa shape index (κ2) is 5.65. The zero-order valence-corrected chi connectivity index (χ0v) is 11.5. The molecule has 0 aliphatic heterocycles. The number of phenolic OH excluding ortho intramolecular Hbond substituents is 1. The maximum absolute atomic E-state index is 9.76. The Balaban J connectivity index is 2.31. The molecule has 98 valence electrons. The Morgan fingerprint density at radius 3 is 2.26 bits per heavy atom. The summed E-state index contributed by atoms with van der Waals surface area (Å²) in [5, 5.41) is 18.1. The Hall–Kier alpha value is -2.16. The molecule has 0 spiro atoms. The van der Waals surface area contributed by atoms with Gasteiger partial charge in [-0.05, 0) is 61.2 Å². The van der Waals surface area contributed by atoms with E-state index in [2.05, 4.69) is 23.2 Å². The lowest BCUT2D eigenvalue weighted by Gasteiger charge is -2.02. The summed E-state index contributed by atoms with van der Waals surface area (Å²) in [5.74, 6) is 0.158. The Kier molecular flexibility index (Phi) is 3.95. The molecule has 3 heteroatoms. The van der Waals surface area contributed by atoms with Crippen LogP contribution >= 0.6 is 0 Å². The summed E-state index contributed by atoms with van der Waals surface area (Å²) in [6, 6.07) is 11.4. The monoisotopic (exact) mass is 254 g/mol. The molecule has 19 heavy (non-hydrogen) atoms. The molecule has 0 unspecified atom stereocenters. The van der Waals surface area contributed by atoms with Crippen LogP contribution in [0.25, 0.3) is 0 Å². The normalized spacial score (nSPS) is 11.1. The van der Waals surface area contributed by atoms with Crippen LogP contribution in [0.15, 0.2) is 46.6 Å². The number of aromatic hydroxyl groups is 1. The molecule has 0 fully saturated rings. The standard InChI is InChI=1S/C16H18N2O/c1-4-13-5-6-16(19)15(10-13)18-17-14-8-11(2)7-12(3)9-14/h5-10,19H,4H2,1-3H3. The molecule has 0 bridgehead atoms. The first-order chi connectivity index (χ1) is 9.08. The van der Waals surface area contributed by atoms with Crippen molar-refractivity contribution in [2.75, 3.05) is 0 Å². The molecule has 1 N–H and O–H groups in total. The van der Waals surface area contributed by atoms with Crippen LogP contribution in [0.4, 0.5) is 11.4 Å². The van der Waals surface area contributed by atoms with Crippen LogP contribution in [0.1, 0.15) is 23.6 Å². The SMILES string of the molecule is CCc1ccc(O)c(N=Nc2cc(C)cc(C)c2)c1. The van der Waals surface area contributed by atoms with E-state index in [-0.39, 0.29) is 5.75 Å². The van der Waals surface area contributed by atoms with Gasteiger partial charge in [-0.25, -0.2) is 0 Å². The first-order valence-electron chi connectivity index (χ1n) is 6.40. The lowest BCUT2D eigenvalue weighted by molar-refractivity contribution is 0.476. The third-order valence-electron chi connectivity index (χ3n) is 2.93. The van der Waals surface area contributed by atoms with Crippen LogP contribution in [0.2, 0.25) is 0 Å². The first-order valence-corrected chi connectivity index (χ1v) is 6.40. The maximum atomic E-state index is 9.76. The van der Waals surface area contributed by atoms with Crippen molar-refractivity contribution in [3.63, 3.8) is 0 Å². The van der Waals surface area contributed by atoms with Crippen LogP contribution in [0, 0.1) is 13.8 Å². The van der Waals surface area contributed by atoms with E-state index in [4.69, 9.17) is 0 Å². The Labute approximate surface area is 113 Å². The van der Waals surface area contributed by atoms with E-state index in [9.17, 15) is 5.11 Å². The smallest absolute Gasteiger partial charge is 0.143 e. The van der Waals surface area contributed by atoms with E-state index in [1.165, 1.54) is 0 Å². The highest BCUT2D eigenvalue weighted by Gasteiger charge is 2.01. The largest absolute Gasteiger partial charge is 0.506 e. The predicted molar refractivity (Wildman–Crippen MR) is 77.6 cm³/mol. The number of hydrogen-bond donors (Lipinski definition) is 1. The summed E-state index contributed by atoms with van der Waals surface area (Å²) in [4.78, 5) is 0. The lowest BCUT2D eigenvalue weighted by atomic mass is 10.1. The van der Waals surface area contributed by atoms with E-state index in [1.54, 1.807) is 6.07 Å². The minimum Gasteiger partial charge on any atom is -0.506 e. The highest BCUT2D eigenvalue weighted by Crippen LogP contribution is 2.29. The topological polar surface area (TPSA) is 45.0 Å². The van der Waals surface area contributed by atoms with Crippen molar-refractivity contribution in [3.8, 4) is 5.75 Å². The number of rotatable bonds is 3. The molecule has 0 heterocycles. The average molecular weight is 254 g/mol. The summed E-state index contributed by atoms with van der Waals surface area (Å²) >= 11 is 0. The Morgan fingerprint density at radius 1 is 0.947 bits per heavy atom. The van der Waals surface area contributed by atoms with Gasteiger partial charge in [-0.15, -0.1) is 5.11 Å². The number of azo groups is 1. The van der Waals surface area contributed by atoms with Crippen molar-refractivity contribution in [2.24, 2.45) is 10.2 Å². The zero-order valence-electron chi connectivity index (χ0n) is 11.5. The van der Waals surface area contributed by atoms with Crippen molar-refractivity contribution in [1.29, 1.82) is 0 Å². The van der Waals surface area contributed by atoms with Crippen molar-refractivity contribution in [1.82, 2.24) is 0 Å². The molecule has 0 saturated carbocycles. The van der Waals surface area contributed by atoms with Crippen molar-refractivity contribution in [2.45, 2.75) is 27.2 Å². The lowest BCUT2D eigenvalue weighted by Crippen LogP contribution is -1.79. The maximum Gasteiger partial charge on any atom is 0.143 e. The van der Waals surface area contributed by atoms with Crippen LogP contribution in [-0.4, -0.2) is 5.11 Å². The van der Waals surface area contributed by atoms with Crippen LogP contribution < -0.4 is 0 Å². The zero-order chi connectivity index (χ0) is 13.8. The van der Waals surface area contributed by atoms with Gasteiger partial charge < -0.3 is 5.11 Å². The van der Waals surface area contributed by atoms with E-state index < -0.39 is 0 Å². The summed E-state index contributed by atoms with van der Waals surface area (Å²) in [6.07, 6.45) is 0.909. The molecular weight excluding hydrogens is 236 g/mol. The molecule has 2 rings (SSSR count). The fourth-order valence-corrected chi connectivity index (χ4v) is 1.99. The number of hydrogen-bond acceptors (Lipinski definition) is 3. The van der Waals surface area contributed by atoms with Crippen molar-refractivity contribution >= 4 is 11.4 Å². The molecule has 0 atom stereocenters. The minimum atomic E-state index is 0.158. The van der Waals surface area contributed by atoms with E-state index in [1.807, 2.05) is 38.1 Å². The minimum absolute atomic E-state index is 0.158. The third kappa shape index (κ3) is 3.41. The van der Waals surface area contributed by atoms with Crippen molar-refractivity contribution < 1.29 is 5.11 Å². The highest BCUT2D eigenvalue weighted by molar-refractivity contribution is 5.53. The Morgan fingerprint density at radius 2 is 1.63 bits per heavy atom. The van der Waals surface area contributed by atoms with Gasteiger partial charge in [0.15, 0.2) is 0 Å². The summed E-state index contributed by atoms with van der Waals surface area (Å²) in [5.41, 5.74) is 4.76. The van der Waals surface area contributed by atoms with Gasteiger partial charge in [0, 0.05) is 0 Å². The van der Waals surface area contributed by atoms with Crippen LogP contribution in [0.5, 0.6) is 5.75 Å². The molecular formula is C16H18N2O. The first kappa shape index (κ1) is 13.3. The fraction of sp³-hybridized carbons (Fsp3) is 0.250. The van der Waals surface area contributed by atoms with Gasteiger partial charge in [0.1, 0.15) is 11.4 Å². The summed E-state index contributed by atoms with van der Waals surface area (Å²) in [6.45, 7) is 6.12. The molecule has 3 nitrogen and oxygen atoms in total.